The van der Waals surface area contributed by atoms with Gasteiger partial charge in [0, 0.05) is 0 Å². The number of halogens is 1. The first-order chi connectivity index (χ1) is 3.41. The maximum atomic E-state index is 8.60. The Morgan fingerprint density at radius 1 is 1.25 bits per heavy atom. The second kappa shape index (κ2) is 5.23. The average Bonchev–Trinajstić information content (AvgIpc) is 1.27. The fraction of sp³-hybridized carbons (Fsp3) is 1.00. The van der Waals surface area contributed by atoms with E-state index in [4.69, 9.17) is 18.6 Å². The van der Waals surface area contributed by atoms with Crippen molar-refractivity contribution in [3.05, 3.63) is 0 Å². The smallest absolute Gasteiger partial charge is 0.0777 e. The largest absolute Gasteiger partial charge is 0.323 e. The summed E-state index contributed by atoms with van der Waals surface area (Å²) < 4.78 is 32.7. The van der Waals surface area contributed by atoms with Crippen LogP contribution >= 0.6 is 0 Å². The van der Waals surface area contributed by atoms with Gasteiger partial charge in [-0.25, -0.2) is 0 Å². The van der Waals surface area contributed by atoms with Crippen molar-refractivity contribution in [1.82, 2.24) is 5.32 Å². The summed E-state index contributed by atoms with van der Waals surface area (Å²) in [6, 6.07) is 0. The highest BCUT2D eigenvalue weighted by Crippen LogP contribution is 1.60. The molecule has 0 heterocycles. The van der Waals surface area contributed by atoms with Gasteiger partial charge in [0.05, 0.1) is 14.9 Å². The standard InChI is InChI=1S/C2H7N.ClHO4/c1-3-2;2-1(3,4)5/h3H,1-2H3;(H,2,3,4,5). The predicted octanol–water partition coefficient (Wildman–Crippen LogP) is -4.29. The molecule has 0 amide bonds. The van der Waals surface area contributed by atoms with E-state index < -0.39 is 10.2 Å². The van der Waals surface area contributed by atoms with E-state index in [1.54, 1.807) is 0 Å². The minimum atomic E-state index is -4.69. The normalized spacial score (nSPS) is 9.75. The van der Waals surface area contributed by atoms with Gasteiger partial charge in [-0.15, -0.1) is 0 Å². The van der Waals surface area contributed by atoms with Gasteiger partial charge in [-0.2, -0.15) is 14.0 Å². The van der Waals surface area contributed by atoms with Crippen LogP contribution in [0.4, 0.5) is 0 Å². The van der Waals surface area contributed by atoms with Crippen molar-refractivity contribution >= 4 is 0 Å². The van der Waals surface area contributed by atoms with Crippen molar-refractivity contribution in [3.63, 3.8) is 0 Å². The van der Waals surface area contributed by atoms with E-state index >= 15 is 0 Å². The molecule has 0 fully saturated rings. The van der Waals surface area contributed by atoms with Gasteiger partial charge in [0.25, 0.3) is 0 Å². The Labute approximate surface area is 49.3 Å². The van der Waals surface area contributed by atoms with E-state index in [9.17, 15) is 0 Å². The van der Waals surface area contributed by atoms with Gasteiger partial charge in [0.15, 0.2) is 0 Å². The molecule has 0 radical (unpaired) electrons. The van der Waals surface area contributed by atoms with Gasteiger partial charge in [-0.05, 0) is 14.1 Å². The van der Waals surface area contributed by atoms with Gasteiger partial charge in [-0.1, -0.05) is 0 Å². The number of rotatable bonds is 0. The minimum Gasteiger partial charge on any atom is -0.323 e. The molecule has 2 N–H and O–H groups in total. The molecule has 0 bridgehead atoms. The molecular formula is C2H8ClNO4. The number of hydrogen-bond acceptors (Lipinski definition) is 5. The fourth-order valence-corrected chi connectivity index (χ4v) is 0. The molecule has 0 atom stereocenters. The van der Waals surface area contributed by atoms with Crippen LogP contribution in [0.15, 0.2) is 0 Å². The molecule has 0 aliphatic carbocycles. The molecule has 0 aliphatic rings. The summed E-state index contributed by atoms with van der Waals surface area (Å²) in [6.07, 6.45) is 0. The topological polar surface area (TPSA) is 101 Å². The monoisotopic (exact) mass is 145 g/mol. The molecular weight excluding hydrogens is 137 g/mol. The molecule has 5 nitrogen and oxygen atoms in total. The molecule has 0 saturated carbocycles. The van der Waals surface area contributed by atoms with Crippen LogP contribution < -0.4 is 19.3 Å². The summed E-state index contributed by atoms with van der Waals surface area (Å²) >= 11 is 0. The van der Waals surface area contributed by atoms with Crippen LogP contribution in [0.2, 0.25) is 0 Å². The van der Waals surface area contributed by atoms with Gasteiger partial charge < -0.3 is 5.32 Å². The number of hydrogen-bond donors (Lipinski definition) is 2. The van der Waals surface area contributed by atoms with E-state index in [0.717, 1.165) is 0 Å². The van der Waals surface area contributed by atoms with E-state index in [-0.39, 0.29) is 0 Å². The Morgan fingerprint density at radius 2 is 1.25 bits per heavy atom. The summed E-state index contributed by atoms with van der Waals surface area (Å²) in [7, 11) is -0.944. The van der Waals surface area contributed by atoms with Crippen LogP contribution in [-0.4, -0.2) is 18.8 Å². The molecule has 6 heteroatoms. The highest BCUT2D eigenvalue weighted by atomic mass is 35.7. The second-order valence-corrected chi connectivity index (χ2v) is 1.69. The molecule has 0 rings (SSSR count). The van der Waals surface area contributed by atoms with Crippen LogP contribution in [-0.2, 0) is 0 Å². The van der Waals surface area contributed by atoms with Crippen molar-refractivity contribution in [2.45, 2.75) is 0 Å². The van der Waals surface area contributed by atoms with Gasteiger partial charge >= 0.3 is 0 Å². The Balaban J connectivity index is 0. The summed E-state index contributed by atoms with van der Waals surface area (Å²) in [5.41, 5.74) is 0. The summed E-state index contributed by atoms with van der Waals surface area (Å²) in [5.74, 6) is 0. The Kier molecular flexibility index (Phi) is 7.17. The van der Waals surface area contributed by atoms with Crippen molar-refractivity contribution in [2.75, 3.05) is 14.1 Å². The van der Waals surface area contributed by atoms with Crippen molar-refractivity contribution < 1.29 is 28.9 Å². The maximum Gasteiger partial charge on any atom is 0.0777 e. The number of nitrogens with one attached hydrogen (secondary N) is 1. The third-order valence-corrected chi connectivity index (χ3v) is 0. The molecule has 0 aromatic rings. The SMILES string of the molecule is CNC.[O-][Cl+3]([O-])([O-])O. The average molecular weight is 146 g/mol. The van der Waals surface area contributed by atoms with Crippen LogP contribution in [0.3, 0.4) is 0 Å². The Hall–Kier alpha value is 0.0900. The Morgan fingerprint density at radius 3 is 1.25 bits per heavy atom. The predicted molar refractivity (Wildman–Crippen MR) is 17.2 cm³/mol. The van der Waals surface area contributed by atoms with Gasteiger partial charge in [0.2, 0.25) is 0 Å². The quantitative estimate of drug-likeness (QED) is 0.359. The summed E-state index contributed by atoms with van der Waals surface area (Å²) in [4.78, 5) is 0. The fourth-order valence-electron chi connectivity index (χ4n) is 0. The van der Waals surface area contributed by atoms with E-state index in [0.29, 0.717) is 0 Å². The summed E-state index contributed by atoms with van der Waals surface area (Å²) in [5, 5.41) is 2.75. The van der Waals surface area contributed by atoms with Crippen molar-refractivity contribution in [2.24, 2.45) is 0 Å². The molecule has 0 aromatic heterocycles. The van der Waals surface area contributed by atoms with Crippen LogP contribution in [0.25, 0.3) is 0 Å². The molecule has 0 spiro atoms. The Bertz CT molecular complexity index is 37.8. The summed E-state index contributed by atoms with van der Waals surface area (Å²) in [6.45, 7) is 0. The maximum absolute atomic E-state index is 8.60. The zero-order valence-corrected chi connectivity index (χ0v) is 5.31. The lowest BCUT2D eigenvalue weighted by Crippen LogP contribution is -2.58. The zero-order valence-electron chi connectivity index (χ0n) is 4.55. The van der Waals surface area contributed by atoms with Gasteiger partial charge in [0.1, 0.15) is 0 Å². The van der Waals surface area contributed by atoms with E-state index in [2.05, 4.69) is 5.32 Å². The first-order valence-corrected chi connectivity index (χ1v) is 2.90. The molecule has 0 saturated heterocycles. The van der Waals surface area contributed by atoms with Gasteiger partial charge in [-0.3, -0.25) is 0 Å². The molecule has 0 aromatic carbocycles. The lowest BCUT2D eigenvalue weighted by molar-refractivity contribution is -1.92. The second-order valence-electron chi connectivity index (χ2n) is 0.896. The molecule has 0 unspecified atom stereocenters. The highest BCUT2D eigenvalue weighted by Gasteiger charge is 1.98. The third-order valence-electron chi connectivity index (χ3n) is 0. The molecule has 52 valence electrons. The van der Waals surface area contributed by atoms with Crippen molar-refractivity contribution in [1.29, 1.82) is 0 Å². The molecule has 8 heavy (non-hydrogen) atoms. The van der Waals surface area contributed by atoms with E-state index in [1.165, 1.54) is 0 Å². The van der Waals surface area contributed by atoms with Crippen LogP contribution in [0, 0.1) is 10.2 Å². The van der Waals surface area contributed by atoms with Crippen LogP contribution in [0.5, 0.6) is 0 Å². The lowest BCUT2D eigenvalue weighted by Gasteiger charge is -2.03. The highest BCUT2D eigenvalue weighted by molar-refractivity contribution is 3.91. The first-order valence-electron chi connectivity index (χ1n) is 1.63. The van der Waals surface area contributed by atoms with E-state index in [1.807, 2.05) is 14.1 Å². The van der Waals surface area contributed by atoms with Crippen molar-refractivity contribution in [3.8, 4) is 0 Å². The zero-order chi connectivity index (χ0) is 7.21. The molecule has 0 aliphatic heterocycles. The van der Waals surface area contributed by atoms with Crippen LogP contribution in [0.1, 0.15) is 0 Å². The third kappa shape index (κ3) is 19500. The minimum absolute atomic E-state index is 1.88. The first kappa shape index (κ1) is 11.0. The lowest BCUT2D eigenvalue weighted by atomic mass is 11.3.